The van der Waals surface area contributed by atoms with Crippen molar-refractivity contribution in [2.24, 2.45) is 5.73 Å². The Morgan fingerprint density at radius 3 is 0.974 bits per heavy atom. The van der Waals surface area contributed by atoms with E-state index in [-0.39, 0.29) is 38.6 Å². The van der Waals surface area contributed by atoms with E-state index in [1.165, 1.54) is 289 Å². The standard InChI is InChI=1S/C68H132NO8P/c1-3-5-7-9-11-13-15-17-19-21-23-25-27-29-30-31-32-33-34-35-37-38-40-42-44-46-48-50-52-54-56-58-60-67(70)74-64-66(65-76-78(72,73)75-63-62-69)77-68(71)61-59-57-55-53-51-49-47-45-43-41-39-36-28-26-24-22-20-18-16-14-12-10-8-6-4-2/h16,18,22,24,66H,3-15,17,19-21,23,25-65,69H2,1-2H3,(H,72,73)/b18-16-,24-22-. The maximum absolute atomic E-state index is 12.7. The maximum Gasteiger partial charge on any atom is 0.472 e. The molecule has 0 rings (SSSR count). The van der Waals surface area contributed by atoms with Crippen molar-refractivity contribution in [1.29, 1.82) is 0 Å². The molecule has 10 heteroatoms. The summed E-state index contributed by atoms with van der Waals surface area (Å²) in [5, 5.41) is 0. The SMILES string of the molecule is CCCCCCC/C=C\C/C=C\CCCCCCCCCCCCCCCC(=O)OC(COC(=O)CCCCCCCCCCCCCCCCCCCCCCCCCCCCCCCCCC)COP(=O)(O)OCCN. The average Bonchev–Trinajstić information content (AvgIpc) is 3.43. The Bertz CT molecular complexity index is 1330. The Hall–Kier alpha value is -1.51. The van der Waals surface area contributed by atoms with Crippen LogP contribution in [-0.4, -0.2) is 49.3 Å². The van der Waals surface area contributed by atoms with Gasteiger partial charge >= 0.3 is 19.8 Å². The van der Waals surface area contributed by atoms with Gasteiger partial charge in [-0.3, -0.25) is 18.6 Å². The molecule has 2 atom stereocenters. The lowest BCUT2D eigenvalue weighted by Crippen LogP contribution is -2.29. The summed E-state index contributed by atoms with van der Waals surface area (Å²) in [7, 11) is -4.39. The smallest absolute Gasteiger partial charge is 0.462 e. The van der Waals surface area contributed by atoms with Crippen molar-refractivity contribution in [3.8, 4) is 0 Å². The quantitative estimate of drug-likeness (QED) is 0.0264. The number of unbranched alkanes of at least 4 members (excludes halogenated alkanes) is 49. The summed E-state index contributed by atoms with van der Waals surface area (Å²) >= 11 is 0. The summed E-state index contributed by atoms with van der Waals surface area (Å²) in [5.74, 6) is -0.806. The van der Waals surface area contributed by atoms with E-state index in [1.807, 2.05) is 0 Å². The molecule has 0 aromatic carbocycles. The second-order valence-electron chi connectivity index (χ2n) is 23.4. The first-order chi connectivity index (χ1) is 38.3. The van der Waals surface area contributed by atoms with Crippen LogP contribution in [0.5, 0.6) is 0 Å². The Morgan fingerprint density at radius 1 is 0.385 bits per heavy atom. The topological polar surface area (TPSA) is 134 Å². The van der Waals surface area contributed by atoms with Gasteiger partial charge in [-0.1, -0.05) is 334 Å². The van der Waals surface area contributed by atoms with Gasteiger partial charge in [0.15, 0.2) is 6.10 Å². The molecule has 0 radical (unpaired) electrons. The second-order valence-corrected chi connectivity index (χ2v) is 24.9. The van der Waals surface area contributed by atoms with E-state index in [9.17, 15) is 19.0 Å². The van der Waals surface area contributed by atoms with Gasteiger partial charge < -0.3 is 20.1 Å². The van der Waals surface area contributed by atoms with Gasteiger partial charge in [0.05, 0.1) is 13.2 Å². The number of carbonyl (C=O) groups is 2. The predicted molar refractivity (Wildman–Crippen MR) is 335 cm³/mol. The molecule has 0 aliphatic carbocycles. The molecule has 0 spiro atoms. The first kappa shape index (κ1) is 76.5. The fourth-order valence-corrected chi connectivity index (χ4v) is 11.3. The van der Waals surface area contributed by atoms with Crippen molar-refractivity contribution in [3.63, 3.8) is 0 Å². The highest BCUT2D eigenvalue weighted by molar-refractivity contribution is 7.47. The van der Waals surface area contributed by atoms with E-state index in [0.717, 1.165) is 44.9 Å². The third kappa shape index (κ3) is 63.7. The minimum absolute atomic E-state index is 0.0560. The van der Waals surface area contributed by atoms with Gasteiger partial charge in [-0.25, -0.2) is 4.57 Å². The first-order valence-corrected chi connectivity index (χ1v) is 35.8. The molecule has 9 nitrogen and oxygen atoms in total. The van der Waals surface area contributed by atoms with Gasteiger partial charge in [-0.2, -0.15) is 0 Å². The molecule has 2 unspecified atom stereocenters. The molecule has 0 amide bonds. The van der Waals surface area contributed by atoms with Crippen LogP contribution in [0.25, 0.3) is 0 Å². The molecular formula is C68H132NO8P. The molecular weight excluding hydrogens is 990 g/mol. The van der Waals surface area contributed by atoms with Crippen LogP contribution in [0.1, 0.15) is 367 Å². The fourth-order valence-electron chi connectivity index (χ4n) is 10.5. The summed E-state index contributed by atoms with van der Waals surface area (Å²) in [4.78, 5) is 35.3. The number of rotatable bonds is 66. The molecule has 0 aliphatic rings. The highest BCUT2D eigenvalue weighted by Crippen LogP contribution is 2.43. The molecule has 0 heterocycles. The van der Waals surface area contributed by atoms with Crippen LogP contribution in [0.4, 0.5) is 0 Å². The molecule has 78 heavy (non-hydrogen) atoms. The van der Waals surface area contributed by atoms with Crippen LogP contribution < -0.4 is 5.73 Å². The number of esters is 2. The van der Waals surface area contributed by atoms with Crippen LogP contribution in [0.15, 0.2) is 24.3 Å². The molecule has 0 bridgehead atoms. The number of hydrogen-bond acceptors (Lipinski definition) is 8. The van der Waals surface area contributed by atoms with Crippen LogP contribution in [0.2, 0.25) is 0 Å². The van der Waals surface area contributed by atoms with Crippen molar-refractivity contribution in [3.05, 3.63) is 24.3 Å². The fraction of sp³-hybridized carbons (Fsp3) is 0.912. The minimum atomic E-state index is -4.39. The van der Waals surface area contributed by atoms with Crippen molar-refractivity contribution in [1.82, 2.24) is 0 Å². The summed E-state index contributed by atoms with van der Waals surface area (Å²) in [5.41, 5.74) is 5.40. The van der Waals surface area contributed by atoms with Crippen molar-refractivity contribution >= 4 is 19.8 Å². The number of phosphoric acid groups is 1. The molecule has 462 valence electrons. The zero-order chi connectivity index (χ0) is 56.6. The summed E-state index contributed by atoms with van der Waals surface area (Å²) in [6.07, 6.45) is 78.5. The van der Waals surface area contributed by atoms with Gasteiger partial charge in [-0.15, -0.1) is 0 Å². The lowest BCUT2D eigenvalue weighted by Gasteiger charge is -2.19. The minimum Gasteiger partial charge on any atom is -0.462 e. The number of ether oxygens (including phenoxy) is 2. The van der Waals surface area contributed by atoms with Crippen molar-refractivity contribution in [2.75, 3.05) is 26.4 Å². The van der Waals surface area contributed by atoms with Gasteiger partial charge in [-0.05, 0) is 44.9 Å². The molecule has 0 aromatic heterocycles. The van der Waals surface area contributed by atoms with E-state index in [1.54, 1.807) is 0 Å². The van der Waals surface area contributed by atoms with Crippen molar-refractivity contribution < 1.29 is 37.6 Å². The van der Waals surface area contributed by atoms with E-state index in [4.69, 9.17) is 24.3 Å². The Labute approximate surface area is 484 Å². The van der Waals surface area contributed by atoms with E-state index in [2.05, 4.69) is 38.2 Å². The second kappa shape index (κ2) is 64.7. The number of phosphoric ester groups is 1. The molecule has 0 fully saturated rings. The van der Waals surface area contributed by atoms with Crippen LogP contribution in [0, 0.1) is 0 Å². The van der Waals surface area contributed by atoms with Gasteiger partial charge in [0.25, 0.3) is 0 Å². The lowest BCUT2D eigenvalue weighted by atomic mass is 10.0. The Morgan fingerprint density at radius 2 is 0.667 bits per heavy atom. The Balaban J connectivity index is 3.82. The van der Waals surface area contributed by atoms with Crippen LogP contribution >= 0.6 is 7.82 Å². The first-order valence-electron chi connectivity index (χ1n) is 34.3. The third-order valence-corrected chi connectivity index (χ3v) is 16.6. The number of hydrogen-bond donors (Lipinski definition) is 2. The van der Waals surface area contributed by atoms with E-state index < -0.39 is 26.5 Å². The monoisotopic (exact) mass is 1120 g/mol. The largest absolute Gasteiger partial charge is 0.472 e. The number of carbonyl (C=O) groups excluding carboxylic acids is 2. The average molecular weight is 1120 g/mol. The van der Waals surface area contributed by atoms with Gasteiger partial charge in [0.1, 0.15) is 6.61 Å². The van der Waals surface area contributed by atoms with E-state index >= 15 is 0 Å². The molecule has 0 aromatic rings. The summed E-state index contributed by atoms with van der Waals surface area (Å²) in [6, 6.07) is 0. The summed E-state index contributed by atoms with van der Waals surface area (Å²) < 4.78 is 33.2. The third-order valence-electron chi connectivity index (χ3n) is 15.6. The summed E-state index contributed by atoms with van der Waals surface area (Å²) in [6.45, 7) is 3.81. The Kier molecular flexibility index (Phi) is 63.4. The van der Waals surface area contributed by atoms with Crippen molar-refractivity contribution in [2.45, 2.75) is 373 Å². The molecule has 0 saturated carbocycles. The highest BCUT2D eigenvalue weighted by atomic mass is 31.2. The molecule has 3 N–H and O–H groups in total. The van der Waals surface area contributed by atoms with Gasteiger partial charge in [0.2, 0.25) is 0 Å². The zero-order valence-electron chi connectivity index (χ0n) is 51.9. The number of nitrogens with two attached hydrogens (primary N) is 1. The van der Waals surface area contributed by atoms with Crippen LogP contribution in [0.3, 0.4) is 0 Å². The normalized spacial score (nSPS) is 13.0. The molecule has 0 aliphatic heterocycles. The van der Waals surface area contributed by atoms with Gasteiger partial charge in [0, 0.05) is 19.4 Å². The maximum atomic E-state index is 12.7. The highest BCUT2D eigenvalue weighted by Gasteiger charge is 2.26. The molecule has 0 saturated heterocycles. The zero-order valence-corrected chi connectivity index (χ0v) is 52.8. The predicted octanol–water partition coefficient (Wildman–Crippen LogP) is 22.1. The lowest BCUT2D eigenvalue weighted by molar-refractivity contribution is -0.161. The van der Waals surface area contributed by atoms with E-state index in [0.29, 0.717) is 6.42 Å². The van der Waals surface area contributed by atoms with Crippen LogP contribution in [-0.2, 0) is 32.7 Å². The number of allylic oxidation sites excluding steroid dienone is 4.